The van der Waals surface area contributed by atoms with Gasteiger partial charge in [0.1, 0.15) is 5.75 Å². The number of benzene rings is 2. The largest absolute Gasteiger partial charge is 0.497 e. The van der Waals surface area contributed by atoms with E-state index in [1.54, 1.807) is 7.11 Å². The monoisotopic (exact) mass is 344 g/mol. The second-order valence-corrected chi connectivity index (χ2v) is 6.34. The molecule has 5 heteroatoms. The minimum atomic E-state index is -0.304. The van der Waals surface area contributed by atoms with Crippen molar-refractivity contribution in [1.82, 2.24) is 10.6 Å². The van der Waals surface area contributed by atoms with Gasteiger partial charge in [-0.2, -0.15) is 0 Å². The summed E-state index contributed by atoms with van der Waals surface area (Å²) in [7, 11) is 1.63. The number of halogens is 1. The molecule has 1 heterocycles. The van der Waals surface area contributed by atoms with Crippen molar-refractivity contribution in [2.75, 3.05) is 20.2 Å². The average molecular weight is 345 g/mol. The van der Waals surface area contributed by atoms with Crippen molar-refractivity contribution >= 4 is 17.5 Å². The number of carbonyl (C=O) groups excluding carboxylic acids is 1. The molecule has 1 aliphatic heterocycles. The van der Waals surface area contributed by atoms with E-state index < -0.39 is 0 Å². The fraction of sp³-hybridized carbons (Fsp3) is 0.316. The molecule has 2 aromatic rings. The maximum Gasteiger partial charge on any atom is 0.225 e. The zero-order valence-corrected chi connectivity index (χ0v) is 14.3. The molecular formula is C19H21ClN2O2. The zero-order valence-electron chi connectivity index (χ0n) is 13.6. The van der Waals surface area contributed by atoms with Gasteiger partial charge in [-0.15, -0.1) is 0 Å². The highest BCUT2D eigenvalue weighted by atomic mass is 35.5. The summed E-state index contributed by atoms with van der Waals surface area (Å²) in [5.74, 6) is 0.801. The van der Waals surface area contributed by atoms with E-state index >= 15 is 0 Å². The van der Waals surface area contributed by atoms with Crippen LogP contribution in [0.25, 0.3) is 0 Å². The van der Waals surface area contributed by atoms with Crippen molar-refractivity contribution in [3.8, 4) is 5.75 Å². The topological polar surface area (TPSA) is 50.4 Å². The van der Waals surface area contributed by atoms with Gasteiger partial charge < -0.3 is 15.4 Å². The SMILES string of the molecule is COc1cccc([C@H](NC(=O)[C@H]2CCNC2)c2ccccc2Cl)c1. The third-order valence-corrected chi connectivity index (χ3v) is 4.71. The Balaban J connectivity index is 1.94. The van der Waals surface area contributed by atoms with Gasteiger partial charge in [0.2, 0.25) is 5.91 Å². The zero-order chi connectivity index (χ0) is 16.9. The predicted molar refractivity (Wildman–Crippen MR) is 95.4 cm³/mol. The highest BCUT2D eigenvalue weighted by molar-refractivity contribution is 6.31. The molecule has 1 aliphatic rings. The second kappa shape index (κ2) is 7.69. The third-order valence-electron chi connectivity index (χ3n) is 4.36. The molecule has 1 amide bonds. The first kappa shape index (κ1) is 16.8. The standard InChI is InChI=1S/C19H21ClN2O2/c1-24-15-6-4-5-13(11-15)18(16-7-2-3-8-17(16)20)22-19(23)14-9-10-21-12-14/h2-8,11,14,18,21H,9-10,12H2,1H3,(H,22,23)/t14-,18-/m0/s1. The van der Waals surface area contributed by atoms with E-state index in [0.29, 0.717) is 5.02 Å². The van der Waals surface area contributed by atoms with Crippen LogP contribution in [0.2, 0.25) is 5.02 Å². The number of nitrogens with one attached hydrogen (secondary N) is 2. The van der Waals surface area contributed by atoms with Crippen LogP contribution < -0.4 is 15.4 Å². The second-order valence-electron chi connectivity index (χ2n) is 5.93. The molecule has 0 aromatic heterocycles. The molecule has 126 valence electrons. The Labute approximate surface area is 147 Å². The molecule has 1 saturated heterocycles. The van der Waals surface area contributed by atoms with Crippen molar-refractivity contribution in [3.63, 3.8) is 0 Å². The number of hydrogen-bond acceptors (Lipinski definition) is 3. The number of amides is 1. The molecule has 0 unspecified atom stereocenters. The quantitative estimate of drug-likeness (QED) is 0.876. The van der Waals surface area contributed by atoms with Gasteiger partial charge >= 0.3 is 0 Å². The first-order valence-electron chi connectivity index (χ1n) is 8.08. The van der Waals surface area contributed by atoms with E-state index in [1.165, 1.54) is 0 Å². The molecule has 0 spiro atoms. The molecule has 0 aliphatic carbocycles. The summed E-state index contributed by atoms with van der Waals surface area (Å²) in [6.45, 7) is 1.60. The van der Waals surface area contributed by atoms with Gasteiger partial charge in [-0.25, -0.2) is 0 Å². The van der Waals surface area contributed by atoms with Crippen LogP contribution in [-0.2, 0) is 4.79 Å². The van der Waals surface area contributed by atoms with Crippen molar-refractivity contribution in [2.45, 2.75) is 12.5 Å². The number of carbonyl (C=O) groups is 1. The average Bonchev–Trinajstić information content (AvgIpc) is 3.15. The van der Waals surface area contributed by atoms with Crippen LogP contribution >= 0.6 is 11.6 Å². The van der Waals surface area contributed by atoms with E-state index in [0.717, 1.165) is 36.4 Å². The summed E-state index contributed by atoms with van der Waals surface area (Å²) in [6, 6.07) is 15.0. The van der Waals surface area contributed by atoms with Crippen LogP contribution in [0.4, 0.5) is 0 Å². The molecular weight excluding hydrogens is 324 g/mol. The van der Waals surface area contributed by atoms with E-state index in [1.807, 2.05) is 48.5 Å². The van der Waals surface area contributed by atoms with Crippen molar-refractivity contribution < 1.29 is 9.53 Å². The first-order chi connectivity index (χ1) is 11.7. The fourth-order valence-corrected chi connectivity index (χ4v) is 3.25. The van der Waals surface area contributed by atoms with E-state index in [9.17, 15) is 4.79 Å². The molecule has 1 fully saturated rings. The van der Waals surface area contributed by atoms with Crippen LogP contribution in [0.3, 0.4) is 0 Å². The first-order valence-corrected chi connectivity index (χ1v) is 8.46. The maximum atomic E-state index is 12.6. The summed E-state index contributed by atoms with van der Waals surface area (Å²) in [6.07, 6.45) is 0.860. The molecule has 2 aromatic carbocycles. The van der Waals surface area contributed by atoms with Crippen LogP contribution in [0.1, 0.15) is 23.6 Å². The number of hydrogen-bond donors (Lipinski definition) is 2. The van der Waals surface area contributed by atoms with E-state index in [4.69, 9.17) is 16.3 Å². The minimum Gasteiger partial charge on any atom is -0.497 e. The number of methoxy groups -OCH3 is 1. The minimum absolute atomic E-state index is 0.000551. The van der Waals surface area contributed by atoms with Gasteiger partial charge in [0.25, 0.3) is 0 Å². The summed E-state index contributed by atoms with van der Waals surface area (Å²) in [4.78, 5) is 12.6. The number of rotatable bonds is 5. The van der Waals surface area contributed by atoms with Gasteiger partial charge in [-0.3, -0.25) is 4.79 Å². The predicted octanol–water partition coefficient (Wildman–Crippen LogP) is 3.16. The van der Waals surface area contributed by atoms with Crippen LogP contribution in [-0.4, -0.2) is 26.1 Å². The highest BCUT2D eigenvalue weighted by Crippen LogP contribution is 2.30. The lowest BCUT2D eigenvalue weighted by atomic mass is 9.97. The third kappa shape index (κ3) is 3.71. The molecule has 2 atom stereocenters. The Morgan fingerprint density at radius 3 is 2.83 bits per heavy atom. The van der Waals surface area contributed by atoms with E-state index in [2.05, 4.69) is 10.6 Å². The lowest BCUT2D eigenvalue weighted by molar-refractivity contribution is -0.124. The Morgan fingerprint density at radius 1 is 1.29 bits per heavy atom. The molecule has 24 heavy (non-hydrogen) atoms. The maximum absolute atomic E-state index is 12.6. The van der Waals surface area contributed by atoms with Gasteiger partial charge in [0, 0.05) is 11.6 Å². The molecule has 0 saturated carbocycles. The molecule has 2 N–H and O–H groups in total. The molecule has 3 rings (SSSR count). The Bertz CT molecular complexity index is 714. The normalized spacial score (nSPS) is 18.2. The van der Waals surface area contributed by atoms with Crippen molar-refractivity contribution in [2.24, 2.45) is 5.92 Å². The lowest BCUT2D eigenvalue weighted by Crippen LogP contribution is -2.35. The van der Waals surface area contributed by atoms with Gasteiger partial charge in [0.05, 0.1) is 19.1 Å². The van der Waals surface area contributed by atoms with Crippen LogP contribution in [0, 0.1) is 5.92 Å². The number of ether oxygens (including phenoxy) is 1. The van der Waals surface area contributed by atoms with Gasteiger partial charge in [-0.05, 0) is 42.3 Å². The van der Waals surface area contributed by atoms with Gasteiger partial charge in [-0.1, -0.05) is 41.9 Å². The van der Waals surface area contributed by atoms with Crippen LogP contribution in [0.5, 0.6) is 5.75 Å². The van der Waals surface area contributed by atoms with Crippen LogP contribution in [0.15, 0.2) is 48.5 Å². The lowest BCUT2D eigenvalue weighted by Gasteiger charge is -2.23. The summed E-state index contributed by atoms with van der Waals surface area (Å²) in [5.41, 5.74) is 1.83. The fourth-order valence-electron chi connectivity index (χ4n) is 3.01. The highest BCUT2D eigenvalue weighted by Gasteiger charge is 2.26. The Hall–Kier alpha value is -2.04. The Morgan fingerprint density at radius 2 is 2.12 bits per heavy atom. The van der Waals surface area contributed by atoms with Gasteiger partial charge in [0.15, 0.2) is 0 Å². The molecule has 4 nitrogen and oxygen atoms in total. The smallest absolute Gasteiger partial charge is 0.225 e. The summed E-state index contributed by atoms with van der Waals surface area (Å²) < 4.78 is 5.32. The van der Waals surface area contributed by atoms with Crippen molar-refractivity contribution in [1.29, 1.82) is 0 Å². The molecule has 0 radical (unpaired) electrons. The van der Waals surface area contributed by atoms with E-state index in [-0.39, 0.29) is 17.9 Å². The summed E-state index contributed by atoms with van der Waals surface area (Å²) in [5, 5.41) is 7.03. The summed E-state index contributed by atoms with van der Waals surface area (Å²) >= 11 is 6.39. The van der Waals surface area contributed by atoms with Crippen molar-refractivity contribution in [3.05, 3.63) is 64.7 Å². The molecule has 0 bridgehead atoms. The Kier molecular flexibility index (Phi) is 5.38.